The molecule has 3 aliphatic rings. The molecule has 4 rings (SSSR count). The van der Waals surface area contributed by atoms with Crippen LogP contribution in [0.15, 0.2) is 127 Å². The van der Waals surface area contributed by atoms with Crippen molar-refractivity contribution in [1.82, 2.24) is 5.32 Å². The second kappa shape index (κ2) is 62.9. The van der Waals surface area contributed by atoms with Crippen molar-refractivity contribution in [3.63, 3.8) is 0 Å². The fourth-order valence-electron chi connectivity index (χ4n) is 21.6. The Kier molecular flexibility index (Phi) is 57.9. The maximum absolute atomic E-state index is 16.6. The topological polar surface area (TPSA) is 183 Å². The lowest BCUT2D eigenvalue weighted by atomic mass is 9.82. The van der Waals surface area contributed by atoms with Crippen LogP contribution in [0.3, 0.4) is 0 Å². The normalized spacial score (nSPS) is 27.8. The lowest BCUT2D eigenvalue weighted by Crippen LogP contribution is -2.69. The molecule has 0 unspecified atom stereocenters. The molecule has 18 atom stereocenters. The van der Waals surface area contributed by atoms with Gasteiger partial charge in [0.2, 0.25) is 0 Å². The van der Waals surface area contributed by atoms with Gasteiger partial charge in [-0.3, -0.25) is 14.4 Å². The van der Waals surface area contributed by atoms with Gasteiger partial charge in [-0.1, -0.05) is 316 Å². The van der Waals surface area contributed by atoms with E-state index >= 15 is 22.8 Å². The molecule has 0 spiro atoms. The highest BCUT2D eigenvalue weighted by atomic mass is 28.4. The molecule has 17 nitrogen and oxygen atoms in total. The summed E-state index contributed by atoms with van der Waals surface area (Å²) in [5, 5.41) is 2.51. The summed E-state index contributed by atoms with van der Waals surface area (Å²) >= 11 is 0. The first-order valence-corrected chi connectivity index (χ1v) is 78.2. The highest BCUT2D eigenvalue weighted by Gasteiger charge is 2.56. The Balaban J connectivity index is 2.41. The number of ether oxygens (including phenoxy) is 4. The van der Waals surface area contributed by atoms with Gasteiger partial charge >= 0.3 is 18.1 Å². The number of rotatable bonds is 50. The summed E-state index contributed by atoms with van der Waals surface area (Å²) in [4.78, 5) is 46.0. The number of amides is 1. The van der Waals surface area contributed by atoms with Crippen LogP contribution in [0.5, 0.6) is 0 Å². The minimum Gasteiger partial charge on any atom is -0.494 e. The molecule has 1 saturated heterocycles. The van der Waals surface area contributed by atoms with Gasteiger partial charge in [-0.05, 0) is 208 Å². The third-order valence-electron chi connectivity index (χ3n) is 34.0. The predicted octanol–water partition coefficient (Wildman–Crippen LogP) is 31.3. The maximum atomic E-state index is 16.6. The van der Waals surface area contributed by atoms with Crippen LogP contribution in [-0.4, -0.2) is 190 Å². The molecule has 1 fully saturated rings. The predicted molar refractivity (Wildman–Crippen MR) is 593 cm³/mol. The molecular formula is C109H200F3NO16Si9. The van der Waals surface area contributed by atoms with Crippen LogP contribution in [-0.2, 0) is 68.4 Å². The van der Waals surface area contributed by atoms with Crippen molar-refractivity contribution < 1.29 is 86.3 Å². The van der Waals surface area contributed by atoms with Crippen LogP contribution in [0.1, 0.15) is 270 Å². The molecule has 1 aromatic rings. The summed E-state index contributed by atoms with van der Waals surface area (Å²) in [5.41, 5.74) is 0.492. The van der Waals surface area contributed by atoms with E-state index in [0.717, 1.165) is 127 Å². The van der Waals surface area contributed by atoms with Gasteiger partial charge in [0.1, 0.15) is 18.3 Å². The van der Waals surface area contributed by atoms with Gasteiger partial charge in [0.15, 0.2) is 86.9 Å². The zero-order valence-electron chi connectivity index (χ0n) is 92.6. The first kappa shape index (κ1) is 127. The second-order valence-electron chi connectivity index (χ2n) is 40.3. The van der Waals surface area contributed by atoms with Crippen LogP contribution in [0.2, 0.25) is 163 Å². The number of allylic oxidation sites excluding steroid dienone is 12. The molecule has 1 aromatic carbocycles. The zero-order valence-corrected chi connectivity index (χ0v) is 102. The highest BCUT2D eigenvalue weighted by molar-refractivity contribution is 6.77. The standard InChI is InChI=1S/C109H200F3NO16Si9/c1-32-130(33-2,34-3)121-92-78-79-96(124-133(41-10,42-11)43-12)97(125-134(44-13,45-14)46-15)84-94(122-131(35-4,36-5)37-6)81-93-83-99(126-135(47-16,48-17)49-18)101(103(115)90-75-71-69-72-76-90)98(119-93)82-91(120-107-106(129-138(56-25,57-26)58-27)102(113-108(116)109(110,111)112)105(89(31)118-107)128-137(53-22,54-23)55-24)77-73-68-66-64-62-60-59-61-63-65-67-70-74-86(28)104(127-136(50-19,51-20)52-21)87(29)88(30)117-100(114)85-95(80-92)123-132(38-7,39-8)40-9/h59-77,83,86-89,91-92,94-99,101-102,104-107H,32-58,78-82,84-85H2,1-31H3,(H,113,116)/b60-59+,63-61+,64-62+,67-65+,68-66+,74-70+,77-73+/t86-,87-,88-,89+,91-,92+,94+,95+,96+,97+,98-,99-,101-,102-,104+,105+,106-,107-/m0/s1. The van der Waals surface area contributed by atoms with Gasteiger partial charge in [-0.2, -0.15) is 13.2 Å². The molecule has 1 N–H and O–H groups in total. The van der Waals surface area contributed by atoms with Gasteiger partial charge in [0, 0.05) is 36.8 Å². The Morgan fingerprint density at radius 3 is 1.14 bits per heavy atom. The molecule has 29 heteroatoms. The minimum absolute atomic E-state index is 0.0130. The number of Topliss-reactive ketones (excluding diaryl/α,β-unsaturated/α-hetero) is 1. The van der Waals surface area contributed by atoms with Crippen LogP contribution in [0.4, 0.5) is 13.2 Å². The van der Waals surface area contributed by atoms with Crippen LogP contribution < -0.4 is 5.32 Å². The van der Waals surface area contributed by atoms with E-state index in [1.807, 2.05) is 103 Å². The first-order chi connectivity index (χ1) is 65.8. The van der Waals surface area contributed by atoms with E-state index in [-0.39, 0.29) is 48.6 Å². The van der Waals surface area contributed by atoms with E-state index in [0.29, 0.717) is 79.7 Å². The molecular weight excluding hydrogens is 1890 g/mol. The molecule has 1 amide bonds. The summed E-state index contributed by atoms with van der Waals surface area (Å²) in [5.74, 6) is -3.03. The number of hydrogen-bond acceptors (Lipinski definition) is 16. The third-order valence-corrected chi connectivity index (χ3v) is 76.0. The lowest BCUT2D eigenvalue weighted by molar-refractivity contribution is -0.276. The summed E-state index contributed by atoms with van der Waals surface area (Å²) in [7, 11) is -23.0. The van der Waals surface area contributed by atoms with Gasteiger partial charge in [-0.25, -0.2) is 0 Å². The molecule has 3 aliphatic heterocycles. The van der Waals surface area contributed by atoms with Crippen molar-refractivity contribution in [2.75, 3.05) is 0 Å². The van der Waals surface area contributed by atoms with E-state index in [4.69, 9.17) is 58.8 Å². The number of fused-ring (bicyclic) bond motifs is 2. The van der Waals surface area contributed by atoms with Crippen LogP contribution >= 0.6 is 0 Å². The molecule has 794 valence electrons. The van der Waals surface area contributed by atoms with Gasteiger partial charge in [0.05, 0.1) is 79.1 Å². The molecule has 2 bridgehead atoms. The van der Waals surface area contributed by atoms with Crippen molar-refractivity contribution in [3.8, 4) is 0 Å². The Labute approximate surface area is 849 Å². The van der Waals surface area contributed by atoms with E-state index in [9.17, 15) is 4.79 Å². The van der Waals surface area contributed by atoms with Gasteiger partial charge in [0.25, 0.3) is 0 Å². The van der Waals surface area contributed by atoms with Gasteiger partial charge in [-0.15, -0.1) is 0 Å². The van der Waals surface area contributed by atoms with E-state index < -0.39 is 172 Å². The molecule has 0 saturated carbocycles. The Morgan fingerprint density at radius 2 is 0.732 bits per heavy atom. The molecule has 0 aromatic heterocycles. The fourth-order valence-corrected chi connectivity index (χ4v) is 47.6. The number of ketones is 1. The van der Waals surface area contributed by atoms with E-state index in [1.54, 1.807) is 6.92 Å². The zero-order chi connectivity index (χ0) is 103. The Morgan fingerprint density at radius 1 is 0.377 bits per heavy atom. The van der Waals surface area contributed by atoms with Crippen LogP contribution in [0.25, 0.3) is 0 Å². The lowest BCUT2D eigenvalue weighted by Gasteiger charge is -2.51. The smallest absolute Gasteiger partial charge is 0.471 e. The van der Waals surface area contributed by atoms with Gasteiger partial charge < -0.3 is 64.1 Å². The number of benzene rings is 1. The van der Waals surface area contributed by atoms with Crippen molar-refractivity contribution in [2.45, 2.75) is 521 Å². The minimum atomic E-state index is -5.26. The summed E-state index contributed by atoms with van der Waals surface area (Å²) in [6, 6.07) is 30.8. The fraction of sp³-hybridized carbons (Fsp3) is 0.771. The Bertz CT molecular complexity index is 3760. The first-order valence-electron chi connectivity index (χ1n) is 55.4. The average Bonchev–Trinajstić information content (AvgIpc) is 0.765. The number of carbonyl (C=O) groups is 3. The summed E-state index contributed by atoms with van der Waals surface area (Å²) in [6.45, 7) is 68.7. The maximum Gasteiger partial charge on any atom is 0.471 e. The number of alkyl halides is 3. The quantitative estimate of drug-likeness (QED) is 0.0369. The largest absolute Gasteiger partial charge is 0.494 e. The second-order valence-corrected chi connectivity index (χ2v) is 82.8. The van der Waals surface area contributed by atoms with Crippen molar-refractivity contribution in [2.24, 2.45) is 17.8 Å². The van der Waals surface area contributed by atoms with Crippen molar-refractivity contribution in [1.29, 1.82) is 0 Å². The van der Waals surface area contributed by atoms with Crippen LogP contribution in [0, 0.1) is 17.8 Å². The molecule has 138 heavy (non-hydrogen) atoms. The van der Waals surface area contributed by atoms with E-state index in [2.05, 4.69) is 231 Å². The number of hydrogen-bond donors (Lipinski definition) is 1. The SMILES string of the molecule is CC[Si](CC)(CC)O[C@@H]1CC[C@@H](O[Si](CC)(CC)CC)[C@H](O[Si](CC)(CC)CC)C[C@H](O[Si](CC)(CC)CC)CC2=C[C@H](O[Si](CC)(CC)CC)[C@@H](C(=O)c3ccccc3)[C@H](C[C@@H](O[C@@H]3O[C@H](C)[C@@H](O[Si](CC)(CC)CC)[C@H](NC(=O)C(F)(F)F)[C@@H]3O[Si](CC)(CC)CC)/C=C/C=C/C=C/C=C/C=C/C=C/C=C/[C@H](C)[C@@H](O[Si](CC)(CC)CC)[C@@H](C)[C@H](C)OC(=O)C[C@H](O[Si](CC)(CC)CC)C1)O2. The third kappa shape index (κ3) is 36.7. The summed E-state index contributed by atoms with van der Waals surface area (Å²) in [6.07, 6.45) is 17.0. The van der Waals surface area contributed by atoms with Crippen molar-refractivity contribution >= 4 is 92.5 Å². The highest BCUT2D eigenvalue weighted by Crippen LogP contribution is 2.45. The number of halogens is 3. The number of carbonyl (C=O) groups excluding carboxylic acids is 3. The van der Waals surface area contributed by atoms with Crippen molar-refractivity contribution in [3.05, 3.63) is 133 Å². The molecule has 0 radical (unpaired) electrons. The summed E-state index contributed by atoms with van der Waals surface area (Å²) < 4.78 is 146. The van der Waals surface area contributed by atoms with E-state index in [1.165, 1.54) is 0 Å². The average molecular weight is 2090 g/mol. The number of cyclic esters (lactones) is 1. The molecule has 0 aliphatic carbocycles. The molecule has 3 heterocycles. The number of nitrogens with one attached hydrogen (secondary N) is 1. The Hall–Kier alpha value is -3.15. The number of esters is 1. The monoisotopic (exact) mass is 2090 g/mol.